The van der Waals surface area contributed by atoms with Crippen molar-refractivity contribution in [1.29, 1.82) is 0 Å². The van der Waals surface area contributed by atoms with Crippen LogP contribution in [0.3, 0.4) is 0 Å². The highest BCUT2D eigenvalue weighted by molar-refractivity contribution is 5.85. The van der Waals surface area contributed by atoms with Crippen molar-refractivity contribution in [1.82, 2.24) is 14.8 Å². The first kappa shape index (κ1) is 12.8. The molecular formula is C14H15N3O3. The van der Waals surface area contributed by atoms with Crippen molar-refractivity contribution >= 4 is 5.97 Å². The van der Waals surface area contributed by atoms with Gasteiger partial charge < -0.3 is 9.84 Å². The van der Waals surface area contributed by atoms with E-state index in [2.05, 4.69) is 10.1 Å². The highest BCUT2D eigenvalue weighted by atomic mass is 16.5. The summed E-state index contributed by atoms with van der Waals surface area (Å²) in [6.07, 6.45) is -0.199. The van der Waals surface area contributed by atoms with Gasteiger partial charge in [-0.3, -0.25) is 0 Å². The number of hydrogen-bond donors (Lipinski definition) is 1. The molecule has 6 nitrogen and oxygen atoms in total. The maximum atomic E-state index is 11.7. The molecule has 2 atom stereocenters. The highest BCUT2D eigenvalue weighted by Gasteiger charge is 2.36. The summed E-state index contributed by atoms with van der Waals surface area (Å²) in [5, 5.41) is 14.4. The summed E-state index contributed by atoms with van der Waals surface area (Å²) in [5.41, 5.74) is 0.944. The van der Waals surface area contributed by atoms with Crippen LogP contribution < -0.4 is 0 Å². The number of aromatic nitrogens is 3. The molecule has 0 fully saturated rings. The quantitative estimate of drug-likeness (QED) is 0.843. The molecule has 104 valence electrons. The van der Waals surface area contributed by atoms with Gasteiger partial charge in [0.15, 0.2) is 0 Å². The predicted molar refractivity (Wildman–Crippen MR) is 70.3 cm³/mol. The molecule has 2 unspecified atom stereocenters. The summed E-state index contributed by atoms with van der Waals surface area (Å²) in [4.78, 5) is 15.8. The highest BCUT2D eigenvalue weighted by Crippen LogP contribution is 2.30. The van der Waals surface area contributed by atoms with E-state index in [1.165, 1.54) is 0 Å². The van der Waals surface area contributed by atoms with Gasteiger partial charge in [-0.2, -0.15) is 0 Å². The van der Waals surface area contributed by atoms with E-state index in [-0.39, 0.29) is 18.5 Å². The van der Waals surface area contributed by atoms with Gasteiger partial charge >= 0.3 is 5.97 Å². The minimum Gasteiger partial charge on any atom is -0.460 e. The molecule has 0 radical (unpaired) electrons. The fourth-order valence-corrected chi connectivity index (χ4v) is 2.47. The van der Waals surface area contributed by atoms with Crippen LogP contribution in [-0.2, 0) is 11.2 Å². The standard InChI is InChI=1S/C14H15N3O3/c1-2-20-14(19)13-15-11-8-10(18)12(17(11)16-13)9-6-4-3-5-7-9/h3-7,10,12,18H,2,8H2,1H3. The van der Waals surface area contributed by atoms with Gasteiger partial charge in [-0.1, -0.05) is 30.3 Å². The van der Waals surface area contributed by atoms with Crippen molar-refractivity contribution in [2.45, 2.75) is 25.5 Å². The van der Waals surface area contributed by atoms with E-state index in [4.69, 9.17) is 4.74 Å². The Morgan fingerprint density at radius 1 is 1.45 bits per heavy atom. The van der Waals surface area contributed by atoms with E-state index in [9.17, 15) is 9.90 Å². The second-order valence-electron chi connectivity index (χ2n) is 4.64. The molecule has 0 spiro atoms. The number of hydrogen-bond acceptors (Lipinski definition) is 5. The molecular weight excluding hydrogens is 258 g/mol. The first-order valence-electron chi connectivity index (χ1n) is 6.56. The van der Waals surface area contributed by atoms with Crippen molar-refractivity contribution in [3.8, 4) is 0 Å². The first-order valence-corrected chi connectivity index (χ1v) is 6.56. The zero-order chi connectivity index (χ0) is 14.1. The molecule has 1 aromatic heterocycles. The van der Waals surface area contributed by atoms with Crippen molar-refractivity contribution in [3.05, 3.63) is 47.5 Å². The number of aliphatic hydroxyl groups excluding tert-OH is 1. The molecule has 1 aromatic carbocycles. The summed E-state index contributed by atoms with van der Waals surface area (Å²) >= 11 is 0. The van der Waals surface area contributed by atoms with Crippen molar-refractivity contribution < 1.29 is 14.6 Å². The molecule has 6 heteroatoms. The van der Waals surface area contributed by atoms with Gasteiger partial charge in [0, 0.05) is 6.42 Å². The maximum absolute atomic E-state index is 11.7. The zero-order valence-electron chi connectivity index (χ0n) is 11.1. The molecule has 0 amide bonds. The zero-order valence-corrected chi connectivity index (χ0v) is 11.1. The molecule has 1 N–H and O–H groups in total. The molecule has 0 aliphatic carbocycles. The molecule has 2 aromatic rings. The van der Waals surface area contributed by atoms with E-state index in [0.29, 0.717) is 12.2 Å². The lowest BCUT2D eigenvalue weighted by Crippen LogP contribution is -2.21. The third-order valence-corrected chi connectivity index (χ3v) is 3.32. The number of carbonyl (C=O) groups is 1. The minimum atomic E-state index is -0.580. The monoisotopic (exact) mass is 273 g/mol. The van der Waals surface area contributed by atoms with E-state index in [1.807, 2.05) is 30.3 Å². The number of benzene rings is 1. The van der Waals surface area contributed by atoms with Crippen LogP contribution in [0.2, 0.25) is 0 Å². The van der Waals surface area contributed by atoms with Crippen LogP contribution in [0.4, 0.5) is 0 Å². The normalized spacial score (nSPS) is 20.7. The van der Waals surface area contributed by atoms with Crippen LogP contribution in [0.1, 0.15) is 35.0 Å². The van der Waals surface area contributed by atoms with Gasteiger partial charge in [0.05, 0.1) is 12.7 Å². The molecule has 1 aliphatic heterocycles. The van der Waals surface area contributed by atoms with Gasteiger partial charge in [0.2, 0.25) is 0 Å². The van der Waals surface area contributed by atoms with Gasteiger partial charge in [-0.25, -0.2) is 14.5 Å². The average molecular weight is 273 g/mol. The topological polar surface area (TPSA) is 77.2 Å². The Labute approximate surface area is 116 Å². The van der Waals surface area contributed by atoms with Crippen LogP contribution in [0.25, 0.3) is 0 Å². The first-order chi connectivity index (χ1) is 9.70. The Morgan fingerprint density at radius 3 is 2.90 bits per heavy atom. The third kappa shape index (κ3) is 2.08. The van der Waals surface area contributed by atoms with Crippen LogP contribution in [0.15, 0.2) is 30.3 Å². The number of ether oxygens (including phenoxy) is 1. The Kier molecular flexibility index (Phi) is 3.23. The Morgan fingerprint density at radius 2 is 2.20 bits per heavy atom. The lowest BCUT2D eigenvalue weighted by atomic mass is 10.0. The summed E-state index contributed by atoms with van der Waals surface area (Å²) in [6, 6.07) is 9.27. The van der Waals surface area contributed by atoms with E-state index >= 15 is 0 Å². The van der Waals surface area contributed by atoms with Gasteiger partial charge in [0.25, 0.3) is 5.82 Å². The molecule has 20 heavy (non-hydrogen) atoms. The van der Waals surface area contributed by atoms with E-state index in [1.54, 1.807) is 11.6 Å². The van der Waals surface area contributed by atoms with Crippen LogP contribution in [0.5, 0.6) is 0 Å². The lowest BCUT2D eigenvalue weighted by molar-refractivity contribution is 0.0509. The summed E-state index contributed by atoms with van der Waals surface area (Å²) in [5.74, 6) is 0.125. The van der Waals surface area contributed by atoms with Crippen LogP contribution >= 0.6 is 0 Å². The molecule has 0 saturated carbocycles. The number of fused-ring (bicyclic) bond motifs is 1. The Bertz CT molecular complexity index is 624. The van der Waals surface area contributed by atoms with Crippen molar-refractivity contribution in [2.24, 2.45) is 0 Å². The second-order valence-corrected chi connectivity index (χ2v) is 4.64. The van der Waals surface area contributed by atoms with Gasteiger partial charge in [-0.15, -0.1) is 5.10 Å². The SMILES string of the molecule is CCOC(=O)c1nc2n(n1)C(c1ccccc1)C(O)C2. The molecule has 2 heterocycles. The average Bonchev–Trinajstić information content (AvgIpc) is 2.96. The molecule has 3 rings (SSSR count). The summed E-state index contributed by atoms with van der Waals surface area (Å²) in [7, 11) is 0. The summed E-state index contributed by atoms with van der Waals surface area (Å²) < 4.78 is 6.51. The smallest absolute Gasteiger partial charge is 0.378 e. The van der Waals surface area contributed by atoms with E-state index in [0.717, 1.165) is 5.56 Å². The van der Waals surface area contributed by atoms with E-state index < -0.39 is 12.1 Å². The van der Waals surface area contributed by atoms with Crippen molar-refractivity contribution in [3.63, 3.8) is 0 Å². The molecule has 0 bridgehead atoms. The largest absolute Gasteiger partial charge is 0.460 e. The Balaban J connectivity index is 1.95. The summed E-state index contributed by atoms with van der Waals surface area (Å²) in [6.45, 7) is 2.02. The number of rotatable bonds is 3. The van der Waals surface area contributed by atoms with Gasteiger partial charge in [-0.05, 0) is 12.5 Å². The predicted octanol–water partition coefficient (Wildman–Crippen LogP) is 0.961. The van der Waals surface area contributed by atoms with Crippen molar-refractivity contribution in [2.75, 3.05) is 6.61 Å². The van der Waals surface area contributed by atoms with Gasteiger partial charge in [0.1, 0.15) is 11.9 Å². The fraction of sp³-hybridized carbons (Fsp3) is 0.357. The Hall–Kier alpha value is -2.21. The molecule has 0 saturated heterocycles. The number of esters is 1. The number of carbonyl (C=O) groups excluding carboxylic acids is 1. The molecule has 1 aliphatic rings. The second kappa shape index (κ2) is 5.05. The lowest BCUT2D eigenvalue weighted by Gasteiger charge is -2.16. The van der Waals surface area contributed by atoms with Crippen LogP contribution in [0, 0.1) is 0 Å². The number of nitrogens with zero attached hydrogens (tertiary/aromatic N) is 3. The minimum absolute atomic E-state index is 0.0506. The fourth-order valence-electron chi connectivity index (χ4n) is 2.47. The maximum Gasteiger partial charge on any atom is 0.378 e. The number of aliphatic hydroxyl groups is 1. The van der Waals surface area contributed by atoms with Crippen LogP contribution in [-0.4, -0.2) is 38.6 Å². The third-order valence-electron chi connectivity index (χ3n) is 3.32.